The van der Waals surface area contributed by atoms with E-state index in [9.17, 15) is 27.2 Å². The fourth-order valence-electron chi connectivity index (χ4n) is 3.20. The SMILES string of the molecule is CNC(=O)C(C)c1c(C)sc2nc(Cc3cccc(C(F)(F)F)c3F)cc(=O)n12. The number of carbonyl (C=O) groups excluding carboxylic acids is 1. The van der Waals surface area contributed by atoms with Gasteiger partial charge in [0.1, 0.15) is 5.82 Å². The first-order valence-electron chi connectivity index (χ1n) is 8.62. The number of alkyl halides is 3. The van der Waals surface area contributed by atoms with Crippen LogP contribution in [0.3, 0.4) is 0 Å². The minimum atomic E-state index is -4.81. The van der Waals surface area contributed by atoms with Crippen molar-refractivity contribution in [1.29, 1.82) is 0 Å². The molecule has 0 saturated heterocycles. The Morgan fingerprint density at radius 2 is 2.03 bits per heavy atom. The van der Waals surface area contributed by atoms with Crippen molar-refractivity contribution in [1.82, 2.24) is 14.7 Å². The predicted molar refractivity (Wildman–Crippen MR) is 101 cm³/mol. The molecule has 2 aromatic heterocycles. The molecule has 1 amide bonds. The highest BCUT2D eigenvalue weighted by molar-refractivity contribution is 7.17. The van der Waals surface area contributed by atoms with Crippen LogP contribution in [0.2, 0.25) is 0 Å². The molecular formula is C19H17F4N3O2S. The minimum Gasteiger partial charge on any atom is -0.359 e. The molecule has 29 heavy (non-hydrogen) atoms. The number of carbonyl (C=O) groups is 1. The van der Waals surface area contributed by atoms with Crippen molar-refractivity contribution in [2.75, 3.05) is 7.05 Å². The van der Waals surface area contributed by atoms with Crippen LogP contribution in [0.1, 0.15) is 40.2 Å². The van der Waals surface area contributed by atoms with Crippen molar-refractivity contribution in [3.05, 3.63) is 67.8 Å². The van der Waals surface area contributed by atoms with Crippen LogP contribution >= 0.6 is 11.3 Å². The maximum Gasteiger partial charge on any atom is 0.419 e. The summed E-state index contributed by atoms with van der Waals surface area (Å²) in [5, 5.41) is 2.53. The summed E-state index contributed by atoms with van der Waals surface area (Å²) in [5.41, 5.74) is -1.40. The Bertz CT molecular complexity index is 1150. The molecule has 10 heteroatoms. The van der Waals surface area contributed by atoms with E-state index >= 15 is 0 Å². The number of hydrogen-bond acceptors (Lipinski definition) is 4. The summed E-state index contributed by atoms with van der Waals surface area (Å²) >= 11 is 1.18. The van der Waals surface area contributed by atoms with E-state index in [1.54, 1.807) is 13.8 Å². The number of aryl methyl sites for hydroxylation is 1. The summed E-state index contributed by atoms with van der Waals surface area (Å²) in [7, 11) is 1.49. The van der Waals surface area contributed by atoms with E-state index in [0.29, 0.717) is 21.6 Å². The molecule has 1 atom stereocenters. The van der Waals surface area contributed by atoms with Crippen LogP contribution in [0.25, 0.3) is 4.96 Å². The van der Waals surface area contributed by atoms with E-state index in [-0.39, 0.29) is 23.6 Å². The summed E-state index contributed by atoms with van der Waals surface area (Å²) < 4.78 is 54.4. The molecule has 154 valence electrons. The molecule has 0 saturated carbocycles. The van der Waals surface area contributed by atoms with Crippen molar-refractivity contribution < 1.29 is 22.4 Å². The Morgan fingerprint density at radius 3 is 2.66 bits per heavy atom. The van der Waals surface area contributed by atoms with Gasteiger partial charge in [0, 0.05) is 24.4 Å². The summed E-state index contributed by atoms with van der Waals surface area (Å²) in [6.07, 6.45) is -5.08. The summed E-state index contributed by atoms with van der Waals surface area (Å²) in [6, 6.07) is 4.16. The summed E-state index contributed by atoms with van der Waals surface area (Å²) in [6.45, 7) is 3.41. The maximum absolute atomic E-state index is 14.3. The van der Waals surface area contributed by atoms with Gasteiger partial charge in [0.05, 0.1) is 22.9 Å². The lowest BCUT2D eigenvalue weighted by atomic mass is 10.0. The van der Waals surface area contributed by atoms with Crippen molar-refractivity contribution in [2.24, 2.45) is 0 Å². The van der Waals surface area contributed by atoms with Gasteiger partial charge < -0.3 is 5.32 Å². The molecule has 0 radical (unpaired) electrons. The molecule has 0 aliphatic carbocycles. The van der Waals surface area contributed by atoms with E-state index < -0.39 is 29.0 Å². The number of aromatic nitrogens is 2. The van der Waals surface area contributed by atoms with Gasteiger partial charge in [-0.2, -0.15) is 13.2 Å². The standard InChI is InChI=1S/C19H17F4N3O2S/c1-9(17(28)24-3)16-10(2)29-18-25-12(8-14(27)26(16)18)7-11-5-4-6-13(15(11)20)19(21,22)23/h4-6,8-9H,7H2,1-3H3,(H,24,28). The number of fused-ring (bicyclic) bond motifs is 1. The monoisotopic (exact) mass is 427 g/mol. The minimum absolute atomic E-state index is 0.147. The summed E-state index contributed by atoms with van der Waals surface area (Å²) in [5.74, 6) is -2.24. The van der Waals surface area contributed by atoms with Gasteiger partial charge in [-0.15, -0.1) is 11.3 Å². The van der Waals surface area contributed by atoms with Gasteiger partial charge in [-0.25, -0.2) is 9.37 Å². The second-order valence-corrected chi connectivity index (χ2v) is 7.72. The van der Waals surface area contributed by atoms with E-state index in [1.165, 1.54) is 28.9 Å². The van der Waals surface area contributed by atoms with Gasteiger partial charge in [-0.3, -0.25) is 14.0 Å². The first kappa shape index (κ1) is 21.0. The lowest BCUT2D eigenvalue weighted by Gasteiger charge is -2.12. The van der Waals surface area contributed by atoms with E-state index in [0.717, 1.165) is 12.1 Å². The number of halogens is 4. The Kier molecular flexibility index (Phi) is 5.48. The van der Waals surface area contributed by atoms with Crippen LogP contribution in [0.5, 0.6) is 0 Å². The van der Waals surface area contributed by atoms with Crippen LogP contribution in [0.4, 0.5) is 17.6 Å². The van der Waals surface area contributed by atoms with Crippen LogP contribution in [0, 0.1) is 12.7 Å². The molecular weight excluding hydrogens is 410 g/mol. The third-order valence-corrected chi connectivity index (χ3v) is 5.56. The Labute approximate surface area is 167 Å². The van der Waals surface area contributed by atoms with Crippen molar-refractivity contribution in [3.8, 4) is 0 Å². The molecule has 0 bridgehead atoms. The number of hydrogen-bond donors (Lipinski definition) is 1. The van der Waals surface area contributed by atoms with Gasteiger partial charge in [0.25, 0.3) is 5.56 Å². The van der Waals surface area contributed by atoms with Crippen LogP contribution in [-0.4, -0.2) is 22.3 Å². The second-order valence-electron chi connectivity index (χ2n) is 6.54. The molecule has 0 aliphatic rings. The molecule has 0 fully saturated rings. The molecule has 2 heterocycles. The zero-order valence-electron chi connectivity index (χ0n) is 15.7. The lowest BCUT2D eigenvalue weighted by molar-refractivity contribution is -0.140. The van der Waals surface area contributed by atoms with E-state index in [4.69, 9.17) is 0 Å². The first-order valence-corrected chi connectivity index (χ1v) is 9.44. The number of nitrogens with one attached hydrogen (secondary N) is 1. The van der Waals surface area contributed by atoms with Crippen LogP contribution in [0.15, 0.2) is 29.1 Å². The molecule has 0 aliphatic heterocycles. The van der Waals surface area contributed by atoms with Gasteiger partial charge >= 0.3 is 6.18 Å². The quantitative estimate of drug-likeness (QED) is 0.647. The fraction of sp³-hybridized carbons (Fsp3) is 0.316. The van der Waals surface area contributed by atoms with Crippen LogP contribution in [-0.2, 0) is 17.4 Å². The van der Waals surface area contributed by atoms with E-state index in [1.807, 2.05) is 0 Å². The topological polar surface area (TPSA) is 63.5 Å². The Balaban J connectivity index is 2.07. The number of likely N-dealkylation sites (N-methyl/N-ethyl adjacent to an activating group) is 1. The lowest BCUT2D eigenvalue weighted by Crippen LogP contribution is -2.27. The average Bonchev–Trinajstić information content (AvgIpc) is 2.97. The first-order chi connectivity index (χ1) is 13.5. The van der Waals surface area contributed by atoms with Gasteiger partial charge in [0.15, 0.2) is 4.96 Å². The van der Waals surface area contributed by atoms with Crippen molar-refractivity contribution in [3.63, 3.8) is 0 Å². The fourth-order valence-corrected chi connectivity index (χ4v) is 4.29. The normalized spacial score (nSPS) is 12.9. The largest absolute Gasteiger partial charge is 0.419 e. The molecule has 3 aromatic rings. The number of amides is 1. The predicted octanol–water partition coefficient (Wildman–Crippen LogP) is 3.66. The number of benzene rings is 1. The van der Waals surface area contributed by atoms with E-state index in [2.05, 4.69) is 10.3 Å². The average molecular weight is 427 g/mol. The number of rotatable bonds is 4. The number of nitrogens with zero attached hydrogens (tertiary/aromatic N) is 2. The second kappa shape index (κ2) is 7.58. The zero-order valence-corrected chi connectivity index (χ0v) is 16.5. The highest BCUT2D eigenvalue weighted by Gasteiger charge is 2.34. The maximum atomic E-state index is 14.3. The molecule has 1 unspecified atom stereocenters. The highest BCUT2D eigenvalue weighted by atomic mass is 32.1. The molecule has 1 aromatic carbocycles. The number of thiazole rings is 1. The zero-order chi connectivity index (χ0) is 21.5. The van der Waals surface area contributed by atoms with Crippen molar-refractivity contribution in [2.45, 2.75) is 32.4 Å². The highest BCUT2D eigenvalue weighted by Crippen LogP contribution is 2.33. The molecule has 3 rings (SSSR count). The van der Waals surface area contributed by atoms with Crippen molar-refractivity contribution >= 4 is 22.2 Å². The van der Waals surface area contributed by atoms with Gasteiger partial charge in [-0.1, -0.05) is 12.1 Å². The smallest absolute Gasteiger partial charge is 0.359 e. The Morgan fingerprint density at radius 1 is 1.34 bits per heavy atom. The van der Waals surface area contributed by atoms with Gasteiger partial charge in [0.2, 0.25) is 5.91 Å². The third kappa shape index (κ3) is 3.89. The molecule has 5 nitrogen and oxygen atoms in total. The van der Waals surface area contributed by atoms with Gasteiger partial charge in [-0.05, 0) is 25.5 Å². The molecule has 0 spiro atoms. The van der Waals surface area contributed by atoms with Crippen LogP contribution < -0.4 is 10.9 Å². The summed E-state index contributed by atoms with van der Waals surface area (Å²) in [4.78, 5) is 30.0. The molecule has 1 N–H and O–H groups in total. The third-order valence-electron chi connectivity index (χ3n) is 4.59. The Hall–Kier alpha value is -2.75.